The normalized spacial score (nSPS) is 15.8. The lowest BCUT2D eigenvalue weighted by Gasteiger charge is -2.30. The molecule has 1 saturated heterocycles. The van der Waals surface area contributed by atoms with E-state index in [1.54, 1.807) is 0 Å². The van der Waals surface area contributed by atoms with Gasteiger partial charge in [0, 0.05) is 12.5 Å². The second kappa shape index (κ2) is 10.2. The molecule has 136 valence electrons. The Hall–Kier alpha value is -2.67. The van der Waals surface area contributed by atoms with Gasteiger partial charge in [-0.1, -0.05) is 42.0 Å². The van der Waals surface area contributed by atoms with Gasteiger partial charge in [-0.2, -0.15) is 0 Å². The molecule has 25 heavy (non-hydrogen) atoms. The zero-order valence-electron chi connectivity index (χ0n) is 14.2. The number of carbonyl (C=O) groups excluding carboxylic acids is 1. The molecule has 7 nitrogen and oxygen atoms in total. The van der Waals surface area contributed by atoms with Gasteiger partial charge in [-0.3, -0.25) is 9.69 Å². The summed E-state index contributed by atoms with van der Waals surface area (Å²) in [4.78, 5) is 31.7. The molecule has 0 aliphatic carbocycles. The van der Waals surface area contributed by atoms with Crippen LogP contribution in [0.3, 0.4) is 0 Å². The Balaban J connectivity index is 0.000000450. The van der Waals surface area contributed by atoms with Gasteiger partial charge in [0.1, 0.15) is 0 Å². The van der Waals surface area contributed by atoms with Crippen LogP contribution in [0.25, 0.3) is 6.08 Å². The van der Waals surface area contributed by atoms with Crippen LogP contribution >= 0.6 is 0 Å². The third-order valence-electron chi connectivity index (χ3n) is 3.86. The van der Waals surface area contributed by atoms with E-state index >= 15 is 0 Å². The highest BCUT2D eigenvalue weighted by Crippen LogP contribution is 2.18. The van der Waals surface area contributed by atoms with Gasteiger partial charge in [0.25, 0.3) is 0 Å². The number of nitrogens with two attached hydrogens (primary N) is 1. The smallest absolute Gasteiger partial charge is 0.414 e. The third-order valence-corrected chi connectivity index (χ3v) is 3.86. The van der Waals surface area contributed by atoms with Crippen LogP contribution < -0.4 is 5.73 Å². The fraction of sp³-hybridized carbons (Fsp3) is 0.389. The SMILES string of the molecule is C/C(=C\c1ccccc1)CN1CCC(C(N)=O)CC1.O=C(O)C(=O)O. The molecule has 0 bridgehead atoms. The monoisotopic (exact) mass is 348 g/mol. The predicted molar refractivity (Wildman–Crippen MR) is 93.7 cm³/mol. The second-order valence-corrected chi connectivity index (χ2v) is 5.96. The number of carbonyl (C=O) groups is 3. The van der Waals surface area contributed by atoms with Crippen LogP contribution in [-0.4, -0.2) is 52.6 Å². The summed E-state index contributed by atoms with van der Waals surface area (Å²) < 4.78 is 0. The highest BCUT2D eigenvalue weighted by Gasteiger charge is 2.22. The number of carboxylic acids is 2. The fourth-order valence-corrected chi connectivity index (χ4v) is 2.61. The molecule has 0 aromatic heterocycles. The molecule has 1 fully saturated rings. The van der Waals surface area contributed by atoms with Crippen LogP contribution in [0, 0.1) is 5.92 Å². The highest BCUT2D eigenvalue weighted by atomic mass is 16.4. The van der Waals surface area contributed by atoms with Gasteiger partial charge in [-0.15, -0.1) is 0 Å². The second-order valence-electron chi connectivity index (χ2n) is 5.96. The van der Waals surface area contributed by atoms with Gasteiger partial charge < -0.3 is 15.9 Å². The fourth-order valence-electron chi connectivity index (χ4n) is 2.61. The molecule has 2 rings (SSSR count). The van der Waals surface area contributed by atoms with Gasteiger partial charge in [-0.05, 0) is 38.4 Å². The van der Waals surface area contributed by atoms with E-state index in [1.165, 1.54) is 11.1 Å². The van der Waals surface area contributed by atoms with Crippen molar-refractivity contribution in [2.45, 2.75) is 19.8 Å². The number of piperidine rings is 1. The van der Waals surface area contributed by atoms with Crippen molar-refractivity contribution >= 4 is 23.9 Å². The van der Waals surface area contributed by atoms with Crippen molar-refractivity contribution in [3.05, 3.63) is 41.5 Å². The van der Waals surface area contributed by atoms with E-state index in [2.05, 4.69) is 42.2 Å². The maximum Gasteiger partial charge on any atom is 0.414 e. The molecular weight excluding hydrogens is 324 g/mol. The molecule has 1 amide bonds. The first-order valence-electron chi connectivity index (χ1n) is 7.99. The topological polar surface area (TPSA) is 121 Å². The van der Waals surface area contributed by atoms with Crippen molar-refractivity contribution < 1.29 is 24.6 Å². The van der Waals surface area contributed by atoms with Crippen molar-refractivity contribution in [1.29, 1.82) is 0 Å². The summed E-state index contributed by atoms with van der Waals surface area (Å²) in [5, 5.41) is 14.8. The van der Waals surface area contributed by atoms with Gasteiger partial charge in [0.15, 0.2) is 0 Å². The molecule has 1 aromatic carbocycles. The molecule has 1 heterocycles. The van der Waals surface area contributed by atoms with Crippen LogP contribution in [0.1, 0.15) is 25.3 Å². The number of hydrogen-bond acceptors (Lipinski definition) is 4. The molecule has 4 N–H and O–H groups in total. The summed E-state index contributed by atoms with van der Waals surface area (Å²) in [5.41, 5.74) is 7.94. The number of nitrogens with zero attached hydrogens (tertiary/aromatic N) is 1. The lowest BCUT2D eigenvalue weighted by atomic mass is 9.96. The Morgan fingerprint density at radius 3 is 2.08 bits per heavy atom. The Labute approximate surface area is 146 Å². The quantitative estimate of drug-likeness (QED) is 0.708. The molecule has 0 saturated carbocycles. The summed E-state index contributed by atoms with van der Waals surface area (Å²) in [7, 11) is 0. The van der Waals surface area contributed by atoms with Gasteiger partial charge in [-0.25, -0.2) is 9.59 Å². The number of hydrogen-bond donors (Lipinski definition) is 3. The molecule has 0 spiro atoms. The zero-order valence-corrected chi connectivity index (χ0v) is 14.2. The van der Waals surface area contributed by atoms with Gasteiger partial charge in [0.05, 0.1) is 0 Å². The average molecular weight is 348 g/mol. The maximum absolute atomic E-state index is 11.1. The van der Waals surface area contributed by atoms with E-state index < -0.39 is 11.9 Å². The first-order valence-corrected chi connectivity index (χ1v) is 7.99. The van der Waals surface area contributed by atoms with Crippen LogP contribution in [-0.2, 0) is 14.4 Å². The van der Waals surface area contributed by atoms with E-state index in [-0.39, 0.29) is 11.8 Å². The minimum Gasteiger partial charge on any atom is -0.473 e. The number of benzene rings is 1. The Bertz CT molecular complexity index is 608. The van der Waals surface area contributed by atoms with Crippen molar-refractivity contribution in [3.63, 3.8) is 0 Å². The van der Waals surface area contributed by atoms with Crippen LogP contribution in [0.2, 0.25) is 0 Å². The largest absolute Gasteiger partial charge is 0.473 e. The van der Waals surface area contributed by atoms with E-state index in [0.29, 0.717) is 0 Å². The molecule has 0 atom stereocenters. The van der Waals surface area contributed by atoms with E-state index in [0.717, 1.165) is 32.5 Å². The number of primary amides is 1. The number of carboxylic acid groups (broad SMARTS) is 2. The Morgan fingerprint density at radius 1 is 1.12 bits per heavy atom. The zero-order chi connectivity index (χ0) is 18.8. The summed E-state index contributed by atoms with van der Waals surface area (Å²) >= 11 is 0. The molecule has 1 aliphatic heterocycles. The van der Waals surface area contributed by atoms with Crippen molar-refractivity contribution in [2.24, 2.45) is 11.7 Å². The minimum atomic E-state index is -1.82. The average Bonchev–Trinajstić information content (AvgIpc) is 2.56. The van der Waals surface area contributed by atoms with E-state index in [9.17, 15) is 4.79 Å². The number of amides is 1. The highest BCUT2D eigenvalue weighted by molar-refractivity contribution is 6.27. The summed E-state index contributed by atoms with van der Waals surface area (Å²) in [5.74, 6) is -3.71. The van der Waals surface area contributed by atoms with Crippen molar-refractivity contribution in [2.75, 3.05) is 19.6 Å². The molecule has 0 radical (unpaired) electrons. The van der Waals surface area contributed by atoms with Crippen molar-refractivity contribution in [3.8, 4) is 0 Å². The predicted octanol–water partition coefficient (Wildman–Crippen LogP) is 1.44. The third kappa shape index (κ3) is 8.12. The summed E-state index contributed by atoms with van der Waals surface area (Å²) in [6.45, 7) is 5.06. The number of rotatable bonds is 4. The standard InChI is InChI=1S/C16H22N2O.C2H2O4/c1-13(11-14-5-3-2-4-6-14)12-18-9-7-15(8-10-18)16(17)19;3-1(4)2(5)6/h2-6,11,15H,7-10,12H2,1H3,(H2,17,19);(H,3,4)(H,5,6)/b13-11+;. The Morgan fingerprint density at radius 2 is 1.64 bits per heavy atom. The van der Waals surface area contributed by atoms with E-state index in [4.69, 9.17) is 25.5 Å². The van der Waals surface area contributed by atoms with E-state index in [1.807, 2.05) is 6.07 Å². The first kappa shape index (κ1) is 20.4. The lowest BCUT2D eigenvalue weighted by molar-refractivity contribution is -0.159. The van der Waals surface area contributed by atoms with Gasteiger partial charge in [0.2, 0.25) is 5.91 Å². The lowest BCUT2D eigenvalue weighted by Crippen LogP contribution is -2.39. The van der Waals surface area contributed by atoms with Crippen LogP contribution in [0.4, 0.5) is 0 Å². The summed E-state index contributed by atoms with van der Waals surface area (Å²) in [6.07, 6.45) is 4.02. The summed E-state index contributed by atoms with van der Waals surface area (Å²) in [6, 6.07) is 10.4. The Kier molecular flexibility index (Phi) is 8.35. The molecular formula is C18H24N2O5. The van der Waals surface area contributed by atoms with Crippen LogP contribution in [0.15, 0.2) is 35.9 Å². The minimum absolute atomic E-state index is 0.0784. The van der Waals surface area contributed by atoms with Crippen molar-refractivity contribution in [1.82, 2.24) is 4.90 Å². The van der Waals surface area contributed by atoms with Gasteiger partial charge >= 0.3 is 11.9 Å². The molecule has 7 heteroatoms. The molecule has 1 aliphatic rings. The maximum atomic E-state index is 11.1. The van der Waals surface area contributed by atoms with Crippen LogP contribution in [0.5, 0.6) is 0 Å². The number of likely N-dealkylation sites (tertiary alicyclic amines) is 1. The first-order chi connectivity index (χ1) is 11.8. The molecule has 1 aromatic rings. The number of aliphatic carboxylic acids is 2. The molecule has 0 unspecified atom stereocenters.